The first-order valence-corrected chi connectivity index (χ1v) is 8.66. The number of aromatic nitrogens is 2. The van der Waals surface area contributed by atoms with E-state index in [4.69, 9.17) is 16.2 Å². The first-order valence-electron chi connectivity index (χ1n) is 8.66. The summed E-state index contributed by atoms with van der Waals surface area (Å²) in [6, 6.07) is 15.2. The quantitative estimate of drug-likeness (QED) is 0.458. The van der Waals surface area contributed by atoms with Crippen LogP contribution in [0.5, 0.6) is 5.75 Å². The maximum absolute atomic E-state index is 11.9. The van der Waals surface area contributed by atoms with Crippen molar-refractivity contribution in [3.8, 4) is 5.75 Å². The fourth-order valence-corrected chi connectivity index (χ4v) is 2.66. The third-order valence-electron chi connectivity index (χ3n) is 4.08. The molecule has 1 heterocycles. The molecule has 0 saturated carbocycles. The summed E-state index contributed by atoms with van der Waals surface area (Å²) in [6.45, 7) is 0. The molecule has 0 aliphatic heterocycles. The van der Waals surface area contributed by atoms with Crippen LogP contribution < -0.4 is 26.8 Å². The van der Waals surface area contributed by atoms with E-state index >= 15 is 0 Å². The van der Waals surface area contributed by atoms with Crippen LogP contribution >= 0.6 is 0 Å². The summed E-state index contributed by atoms with van der Waals surface area (Å²) in [6.07, 6.45) is 1.28. The van der Waals surface area contributed by atoms with Crippen molar-refractivity contribution in [1.29, 1.82) is 0 Å². The number of carbonyl (C=O) groups is 2. The maximum atomic E-state index is 11.9. The molecule has 9 heteroatoms. The molecule has 2 aromatic carbocycles. The lowest BCUT2D eigenvalue weighted by Crippen LogP contribution is -2.28. The molecule has 0 aliphatic rings. The zero-order chi connectivity index (χ0) is 20.8. The highest BCUT2D eigenvalue weighted by molar-refractivity contribution is 5.98. The number of anilines is 3. The molecule has 148 valence electrons. The standard InChI is InChI=1S/C20H20N6O3/c1-29-14-9-5-8-13(10-14)24-19-15(17(21)27)11-23-20(26-19)25-16(18(22)28)12-6-3-2-4-7-12/h2-11,16H,1H3,(H2,21,27)(H2,22,28)(H2,23,24,25,26)/t16-/m1/s1. The van der Waals surface area contributed by atoms with E-state index in [0.29, 0.717) is 17.0 Å². The highest BCUT2D eigenvalue weighted by atomic mass is 16.5. The van der Waals surface area contributed by atoms with Gasteiger partial charge in [-0.2, -0.15) is 4.98 Å². The van der Waals surface area contributed by atoms with Crippen LogP contribution in [0, 0.1) is 0 Å². The van der Waals surface area contributed by atoms with E-state index in [1.165, 1.54) is 6.20 Å². The van der Waals surface area contributed by atoms with Crippen LogP contribution in [-0.2, 0) is 4.79 Å². The average Bonchev–Trinajstić information content (AvgIpc) is 2.72. The lowest BCUT2D eigenvalue weighted by molar-refractivity contribution is -0.118. The predicted octanol–water partition coefficient (Wildman–Crippen LogP) is 1.97. The number of methoxy groups -OCH3 is 1. The van der Waals surface area contributed by atoms with Gasteiger partial charge in [0.25, 0.3) is 5.91 Å². The first kappa shape index (κ1) is 19.6. The van der Waals surface area contributed by atoms with Gasteiger partial charge in [-0.25, -0.2) is 4.98 Å². The van der Waals surface area contributed by atoms with Crippen molar-refractivity contribution in [3.63, 3.8) is 0 Å². The van der Waals surface area contributed by atoms with Gasteiger partial charge in [0.2, 0.25) is 11.9 Å². The lowest BCUT2D eigenvalue weighted by Gasteiger charge is -2.17. The van der Waals surface area contributed by atoms with Gasteiger partial charge < -0.3 is 26.8 Å². The number of amides is 2. The molecule has 29 heavy (non-hydrogen) atoms. The second-order valence-electron chi connectivity index (χ2n) is 6.07. The van der Waals surface area contributed by atoms with Crippen LogP contribution in [-0.4, -0.2) is 28.9 Å². The Morgan fingerprint density at radius 1 is 1.07 bits per heavy atom. The monoisotopic (exact) mass is 392 g/mol. The molecule has 0 unspecified atom stereocenters. The molecule has 0 bridgehead atoms. The van der Waals surface area contributed by atoms with Crippen LogP contribution in [0.25, 0.3) is 0 Å². The topological polar surface area (TPSA) is 145 Å². The number of nitrogens with zero attached hydrogens (tertiary/aromatic N) is 2. The van der Waals surface area contributed by atoms with E-state index in [-0.39, 0.29) is 17.3 Å². The molecule has 0 saturated heterocycles. The molecular weight excluding hydrogens is 372 g/mol. The van der Waals surface area contributed by atoms with Crippen LogP contribution in [0.15, 0.2) is 60.8 Å². The van der Waals surface area contributed by atoms with E-state index in [0.717, 1.165) is 0 Å². The Bertz CT molecular complexity index is 1030. The van der Waals surface area contributed by atoms with Crippen LogP contribution in [0.4, 0.5) is 17.5 Å². The summed E-state index contributed by atoms with van der Waals surface area (Å²) >= 11 is 0. The fraction of sp³-hybridized carbons (Fsp3) is 0.100. The highest BCUT2D eigenvalue weighted by Crippen LogP contribution is 2.24. The van der Waals surface area contributed by atoms with Crippen molar-refractivity contribution in [3.05, 3.63) is 71.9 Å². The lowest BCUT2D eigenvalue weighted by atomic mass is 10.1. The fourth-order valence-electron chi connectivity index (χ4n) is 2.66. The van der Waals surface area contributed by atoms with Crippen LogP contribution in [0.2, 0.25) is 0 Å². The summed E-state index contributed by atoms with van der Waals surface area (Å²) in [4.78, 5) is 32.1. The molecule has 0 fully saturated rings. The van der Waals surface area contributed by atoms with E-state index in [1.54, 1.807) is 55.6 Å². The number of nitrogens with two attached hydrogens (primary N) is 2. The predicted molar refractivity (Wildman–Crippen MR) is 109 cm³/mol. The minimum absolute atomic E-state index is 0.0914. The summed E-state index contributed by atoms with van der Waals surface area (Å²) in [7, 11) is 1.55. The van der Waals surface area contributed by atoms with Gasteiger partial charge in [-0.15, -0.1) is 0 Å². The molecule has 0 radical (unpaired) electrons. The van der Waals surface area contributed by atoms with Gasteiger partial charge in [0.15, 0.2) is 0 Å². The number of primary amides is 2. The largest absolute Gasteiger partial charge is 0.497 e. The molecule has 1 aromatic heterocycles. The number of carbonyl (C=O) groups excluding carboxylic acids is 2. The smallest absolute Gasteiger partial charge is 0.254 e. The van der Waals surface area contributed by atoms with Crippen molar-refractivity contribution in [2.24, 2.45) is 11.5 Å². The summed E-state index contributed by atoms with van der Waals surface area (Å²) in [5.74, 6) is -0.383. The van der Waals surface area contributed by atoms with Gasteiger partial charge in [-0.1, -0.05) is 36.4 Å². The number of ether oxygens (including phenoxy) is 1. The van der Waals surface area contributed by atoms with Gasteiger partial charge in [0, 0.05) is 18.0 Å². The number of hydrogen-bond acceptors (Lipinski definition) is 7. The van der Waals surface area contributed by atoms with E-state index < -0.39 is 17.9 Å². The van der Waals surface area contributed by atoms with Crippen molar-refractivity contribution in [1.82, 2.24) is 9.97 Å². The van der Waals surface area contributed by atoms with Crippen molar-refractivity contribution < 1.29 is 14.3 Å². The Morgan fingerprint density at radius 3 is 2.48 bits per heavy atom. The van der Waals surface area contributed by atoms with E-state index in [1.807, 2.05) is 6.07 Å². The Kier molecular flexibility index (Phi) is 5.88. The van der Waals surface area contributed by atoms with Gasteiger partial charge in [0.05, 0.1) is 7.11 Å². The van der Waals surface area contributed by atoms with Crippen LogP contribution in [0.1, 0.15) is 22.0 Å². The Labute approximate surface area is 167 Å². The zero-order valence-electron chi connectivity index (χ0n) is 15.6. The van der Waals surface area contributed by atoms with Gasteiger partial charge in [0.1, 0.15) is 23.2 Å². The minimum atomic E-state index is -0.847. The van der Waals surface area contributed by atoms with Crippen molar-refractivity contribution >= 4 is 29.3 Å². The zero-order valence-corrected chi connectivity index (χ0v) is 15.6. The molecular formula is C20H20N6O3. The minimum Gasteiger partial charge on any atom is -0.497 e. The Balaban J connectivity index is 1.93. The van der Waals surface area contributed by atoms with E-state index in [9.17, 15) is 9.59 Å². The summed E-state index contributed by atoms with van der Waals surface area (Å²) < 4.78 is 5.19. The van der Waals surface area contributed by atoms with Crippen molar-refractivity contribution in [2.45, 2.75) is 6.04 Å². The molecule has 3 aromatic rings. The molecule has 1 atom stereocenters. The van der Waals surface area contributed by atoms with E-state index in [2.05, 4.69) is 20.6 Å². The molecule has 0 aliphatic carbocycles. The Morgan fingerprint density at radius 2 is 1.83 bits per heavy atom. The number of rotatable bonds is 8. The maximum Gasteiger partial charge on any atom is 0.254 e. The summed E-state index contributed by atoms with van der Waals surface area (Å²) in [5.41, 5.74) is 12.3. The normalized spacial score (nSPS) is 11.3. The highest BCUT2D eigenvalue weighted by Gasteiger charge is 2.20. The van der Waals surface area contributed by atoms with Gasteiger partial charge in [-0.05, 0) is 17.7 Å². The molecule has 0 spiro atoms. The second-order valence-corrected chi connectivity index (χ2v) is 6.07. The van der Waals surface area contributed by atoms with Crippen LogP contribution in [0.3, 0.4) is 0 Å². The Hall–Kier alpha value is -4.14. The average molecular weight is 392 g/mol. The van der Waals surface area contributed by atoms with Gasteiger partial charge >= 0.3 is 0 Å². The molecule has 3 rings (SSSR count). The van der Waals surface area contributed by atoms with Crippen molar-refractivity contribution in [2.75, 3.05) is 17.7 Å². The summed E-state index contributed by atoms with van der Waals surface area (Å²) in [5, 5.41) is 5.92. The second kappa shape index (κ2) is 8.70. The molecule has 2 amide bonds. The number of hydrogen-bond donors (Lipinski definition) is 4. The SMILES string of the molecule is COc1cccc(Nc2nc(N[C@@H](C(N)=O)c3ccccc3)ncc2C(N)=O)c1. The number of nitrogens with one attached hydrogen (secondary N) is 2. The van der Waals surface area contributed by atoms with Gasteiger partial charge in [-0.3, -0.25) is 9.59 Å². The third-order valence-corrected chi connectivity index (χ3v) is 4.08. The number of benzene rings is 2. The molecule has 9 nitrogen and oxygen atoms in total. The third kappa shape index (κ3) is 4.78. The first-order chi connectivity index (χ1) is 14.0. The molecule has 6 N–H and O–H groups in total.